The van der Waals surface area contributed by atoms with Gasteiger partial charge in [-0.2, -0.15) is 0 Å². The summed E-state index contributed by atoms with van der Waals surface area (Å²) in [6.07, 6.45) is 2.22. The third-order valence-corrected chi connectivity index (χ3v) is 4.07. The van der Waals surface area contributed by atoms with E-state index in [0.717, 1.165) is 11.4 Å². The number of benzene rings is 1. The van der Waals surface area contributed by atoms with Gasteiger partial charge in [0.2, 0.25) is 5.56 Å². The Balaban J connectivity index is 1.61. The number of hydrogen-bond acceptors (Lipinski definition) is 5. The number of amides is 1. The predicted octanol–water partition coefficient (Wildman–Crippen LogP) is 1.25. The Morgan fingerprint density at radius 3 is 2.93 bits per heavy atom. The zero-order chi connectivity index (χ0) is 19.1. The number of nitrogens with one attached hydrogen (secondary N) is 2. The van der Waals surface area contributed by atoms with Crippen LogP contribution in [0.5, 0.6) is 0 Å². The van der Waals surface area contributed by atoms with Crippen LogP contribution in [0, 0.1) is 0 Å². The molecule has 3 aromatic rings. The number of pyridine rings is 1. The van der Waals surface area contributed by atoms with Crippen molar-refractivity contribution in [3.63, 3.8) is 0 Å². The first-order valence-electron chi connectivity index (χ1n) is 8.61. The van der Waals surface area contributed by atoms with Gasteiger partial charge in [-0.05, 0) is 23.8 Å². The van der Waals surface area contributed by atoms with E-state index in [4.69, 9.17) is 4.74 Å². The van der Waals surface area contributed by atoms with Gasteiger partial charge in [0, 0.05) is 43.9 Å². The van der Waals surface area contributed by atoms with Crippen LogP contribution in [0.25, 0.3) is 11.3 Å². The molecule has 0 unspecified atom stereocenters. The van der Waals surface area contributed by atoms with Crippen molar-refractivity contribution in [2.24, 2.45) is 0 Å². The molecule has 2 aromatic heterocycles. The number of hydrogen-bond donors (Lipinski definition) is 2. The van der Waals surface area contributed by atoms with E-state index in [1.54, 1.807) is 43.8 Å². The topological polar surface area (TPSA) is 102 Å². The second kappa shape index (κ2) is 8.91. The SMILES string of the molecule is COCCn1cnnc1CCNC(=O)c1cccc(-c2cccc(=O)[nH]2)c1. The quantitative estimate of drug-likeness (QED) is 0.624. The number of methoxy groups -OCH3 is 1. The molecule has 1 aromatic carbocycles. The second-order valence-electron chi connectivity index (χ2n) is 5.95. The summed E-state index contributed by atoms with van der Waals surface area (Å²) in [7, 11) is 1.64. The largest absolute Gasteiger partial charge is 0.383 e. The summed E-state index contributed by atoms with van der Waals surface area (Å²) < 4.78 is 6.96. The van der Waals surface area contributed by atoms with Gasteiger partial charge in [0.1, 0.15) is 12.2 Å². The second-order valence-corrected chi connectivity index (χ2v) is 5.95. The lowest BCUT2D eigenvalue weighted by molar-refractivity contribution is 0.0954. The first-order valence-corrected chi connectivity index (χ1v) is 8.61. The molecule has 2 heterocycles. The average Bonchev–Trinajstić information content (AvgIpc) is 3.13. The molecular formula is C19H21N5O3. The van der Waals surface area contributed by atoms with E-state index in [1.807, 2.05) is 10.6 Å². The van der Waals surface area contributed by atoms with Crippen LogP contribution < -0.4 is 10.9 Å². The molecule has 0 radical (unpaired) electrons. The van der Waals surface area contributed by atoms with Gasteiger partial charge in [0.15, 0.2) is 0 Å². The number of ether oxygens (including phenoxy) is 1. The highest BCUT2D eigenvalue weighted by Gasteiger charge is 2.09. The van der Waals surface area contributed by atoms with E-state index in [9.17, 15) is 9.59 Å². The van der Waals surface area contributed by atoms with Crippen LogP contribution in [0.1, 0.15) is 16.2 Å². The molecular weight excluding hydrogens is 346 g/mol. The molecule has 1 amide bonds. The van der Waals surface area contributed by atoms with Gasteiger partial charge in [-0.3, -0.25) is 9.59 Å². The minimum atomic E-state index is -0.182. The Bertz CT molecular complexity index is 963. The first-order chi connectivity index (χ1) is 13.2. The molecule has 0 spiro atoms. The molecule has 27 heavy (non-hydrogen) atoms. The molecule has 0 fully saturated rings. The first kappa shape index (κ1) is 18.5. The molecule has 0 atom stereocenters. The van der Waals surface area contributed by atoms with Crippen LogP contribution in [0.4, 0.5) is 0 Å². The Hall–Kier alpha value is -3.26. The van der Waals surface area contributed by atoms with Crippen LogP contribution in [-0.4, -0.2) is 45.9 Å². The Morgan fingerprint density at radius 1 is 1.26 bits per heavy atom. The highest BCUT2D eigenvalue weighted by molar-refractivity contribution is 5.95. The number of rotatable bonds is 8. The summed E-state index contributed by atoms with van der Waals surface area (Å²) in [5.74, 6) is 0.612. The maximum Gasteiger partial charge on any atom is 0.251 e. The summed E-state index contributed by atoms with van der Waals surface area (Å²) in [5.41, 5.74) is 1.79. The summed E-state index contributed by atoms with van der Waals surface area (Å²) in [6, 6.07) is 12.1. The van der Waals surface area contributed by atoms with Crippen molar-refractivity contribution in [3.8, 4) is 11.3 Å². The van der Waals surface area contributed by atoms with Gasteiger partial charge in [0.05, 0.1) is 6.61 Å². The van der Waals surface area contributed by atoms with Crippen LogP contribution in [-0.2, 0) is 17.7 Å². The number of carbonyl (C=O) groups excluding carboxylic acids is 1. The molecule has 0 aliphatic rings. The van der Waals surface area contributed by atoms with E-state index < -0.39 is 0 Å². The average molecular weight is 367 g/mol. The molecule has 0 saturated carbocycles. The van der Waals surface area contributed by atoms with Crippen molar-refractivity contribution in [1.29, 1.82) is 0 Å². The van der Waals surface area contributed by atoms with Gasteiger partial charge in [-0.25, -0.2) is 0 Å². The Kier molecular flexibility index (Phi) is 6.11. The van der Waals surface area contributed by atoms with Gasteiger partial charge in [-0.15, -0.1) is 10.2 Å². The number of carbonyl (C=O) groups is 1. The fourth-order valence-electron chi connectivity index (χ4n) is 2.68. The van der Waals surface area contributed by atoms with E-state index in [0.29, 0.717) is 37.4 Å². The summed E-state index contributed by atoms with van der Waals surface area (Å²) in [6.45, 7) is 1.69. The van der Waals surface area contributed by atoms with Crippen molar-refractivity contribution >= 4 is 5.91 Å². The van der Waals surface area contributed by atoms with Crippen LogP contribution >= 0.6 is 0 Å². The van der Waals surface area contributed by atoms with Crippen molar-refractivity contribution in [2.75, 3.05) is 20.3 Å². The zero-order valence-electron chi connectivity index (χ0n) is 15.0. The van der Waals surface area contributed by atoms with Gasteiger partial charge in [-0.1, -0.05) is 18.2 Å². The fraction of sp³-hybridized carbons (Fsp3) is 0.263. The lowest BCUT2D eigenvalue weighted by atomic mass is 10.1. The number of aromatic amines is 1. The maximum absolute atomic E-state index is 12.4. The van der Waals surface area contributed by atoms with E-state index in [1.165, 1.54) is 6.07 Å². The van der Waals surface area contributed by atoms with E-state index >= 15 is 0 Å². The number of aromatic nitrogens is 4. The molecule has 3 rings (SSSR count). The van der Waals surface area contributed by atoms with Gasteiger partial charge in [0.25, 0.3) is 5.91 Å². The predicted molar refractivity (Wildman–Crippen MR) is 100 cm³/mol. The van der Waals surface area contributed by atoms with Crippen LogP contribution in [0.3, 0.4) is 0 Å². The van der Waals surface area contributed by atoms with Crippen molar-refractivity contribution in [1.82, 2.24) is 25.1 Å². The lowest BCUT2D eigenvalue weighted by Crippen LogP contribution is -2.26. The van der Waals surface area contributed by atoms with E-state index in [-0.39, 0.29) is 11.5 Å². The zero-order valence-corrected chi connectivity index (χ0v) is 15.0. The highest BCUT2D eigenvalue weighted by atomic mass is 16.5. The third kappa shape index (κ3) is 4.89. The molecule has 8 heteroatoms. The van der Waals surface area contributed by atoms with Gasteiger partial charge < -0.3 is 19.6 Å². The summed E-state index contributed by atoms with van der Waals surface area (Å²) >= 11 is 0. The molecule has 0 bridgehead atoms. The molecule has 2 N–H and O–H groups in total. The Morgan fingerprint density at radius 2 is 2.11 bits per heavy atom. The lowest BCUT2D eigenvalue weighted by Gasteiger charge is -2.08. The van der Waals surface area contributed by atoms with Crippen molar-refractivity contribution < 1.29 is 9.53 Å². The monoisotopic (exact) mass is 367 g/mol. The summed E-state index contributed by atoms with van der Waals surface area (Å²) in [4.78, 5) is 26.7. The summed E-state index contributed by atoms with van der Waals surface area (Å²) in [5, 5.41) is 10.9. The molecule has 0 aliphatic heterocycles. The molecule has 140 valence electrons. The van der Waals surface area contributed by atoms with Crippen molar-refractivity contribution in [3.05, 3.63) is 70.5 Å². The normalized spacial score (nSPS) is 10.7. The standard InChI is InChI=1S/C19H21N5O3/c1-27-11-10-24-13-21-23-17(24)8-9-20-19(26)15-5-2-4-14(12-15)16-6-3-7-18(25)22-16/h2-7,12-13H,8-11H2,1H3,(H,20,26)(H,22,25). The maximum atomic E-state index is 12.4. The van der Waals surface area contributed by atoms with Crippen LogP contribution in [0.2, 0.25) is 0 Å². The molecule has 0 saturated heterocycles. The Labute approximate surface area is 156 Å². The number of nitrogens with zero attached hydrogens (tertiary/aromatic N) is 3. The molecule has 8 nitrogen and oxygen atoms in total. The van der Waals surface area contributed by atoms with Gasteiger partial charge >= 0.3 is 0 Å². The minimum Gasteiger partial charge on any atom is -0.383 e. The third-order valence-electron chi connectivity index (χ3n) is 4.07. The fourth-order valence-corrected chi connectivity index (χ4v) is 2.68. The minimum absolute atomic E-state index is 0.181. The molecule has 0 aliphatic carbocycles. The smallest absolute Gasteiger partial charge is 0.251 e. The van der Waals surface area contributed by atoms with Crippen molar-refractivity contribution in [2.45, 2.75) is 13.0 Å². The number of H-pyrrole nitrogens is 1. The highest BCUT2D eigenvalue weighted by Crippen LogP contribution is 2.16. The van der Waals surface area contributed by atoms with E-state index in [2.05, 4.69) is 20.5 Å². The van der Waals surface area contributed by atoms with Crippen LogP contribution in [0.15, 0.2) is 53.6 Å².